The van der Waals surface area contributed by atoms with Gasteiger partial charge >= 0.3 is 0 Å². The van der Waals surface area contributed by atoms with Crippen LogP contribution in [0, 0.1) is 11.8 Å². The van der Waals surface area contributed by atoms with Crippen molar-refractivity contribution in [2.75, 3.05) is 19.6 Å². The third kappa shape index (κ3) is 4.82. The van der Waals surface area contributed by atoms with Crippen LogP contribution in [0.25, 0.3) is 0 Å². The van der Waals surface area contributed by atoms with Crippen molar-refractivity contribution in [1.82, 2.24) is 15.1 Å². The van der Waals surface area contributed by atoms with E-state index in [1.807, 2.05) is 20.8 Å². The number of hydrogen-bond donors (Lipinski definition) is 1. The zero-order valence-electron chi connectivity index (χ0n) is 17.7. The Kier molecular flexibility index (Phi) is 6.98. The predicted molar refractivity (Wildman–Crippen MR) is 109 cm³/mol. The zero-order chi connectivity index (χ0) is 21.0. The minimum absolute atomic E-state index is 0.0147. The normalized spacial score (nSPS) is 22.4. The Balaban J connectivity index is 1.63. The molecule has 7 nitrogen and oxygen atoms in total. The van der Waals surface area contributed by atoms with Crippen LogP contribution < -0.4 is 5.32 Å². The van der Waals surface area contributed by atoms with Gasteiger partial charge in [0.25, 0.3) is 5.91 Å². The number of hydrogen-bond acceptors (Lipinski definition) is 4. The Morgan fingerprint density at radius 3 is 2.55 bits per heavy atom. The lowest BCUT2D eigenvalue weighted by atomic mass is 9.95. The summed E-state index contributed by atoms with van der Waals surface area (Å²) >= 11 is 0. The average Bonchev–Trinajstić information content (AvgIpc) is 3.44. The number of furan rings is 1. The molecule has 1 aliphatic heterocycles. The molecule has 1 aromatic rings. The molecule has 7 heteroatoms. The van der Waals surface area contributed by atoms with E-state index in [-0.39, 0.29) is 35.6 Å². The molecule has 3 rings (SSSR count). The number of carbonyl (C=O) groups excluding carboxylic acids is 3. The molecule has 1 aliphatic carbocycles. The third-order valence-electron chi connectivity index (χ3n) is 6.43. The maximum absolute atomic E-state index is 13.3. The van der Waals surface area contributed by atoms with E-state index in [2.05, 4.69) is 5.32 Å². The van der Waals surface area contributed by atoms with Crippen LogP contribution in [-0.2, 0) is 9.59 Å². The first-order chi connectivity index (χ1) is 13.9. The van der Waals surface area contributed by atoms with E-state index in [9.17, 15) is 14.4 Å². The van der Waals surface area contributed by atoms with Crippen LogP contribution in [0.15, 0.2) is 22.8 Å². The second kappa shape index (κ2) is 9.46. The van der Waals surface area contributed by atoms with Crippen molar-refractivity contribution in [3.8, 4) is 0 Å². The molecule has 1 saturated heterocycles. The van der Waals surface area contributed by atoms with Gasteiger partial charge in [0.05, 0.1) is 6.26 Å². The number of carbonyl (C=O) groups is 3. The molecular formula is C22H33N3O4. The summed E-state index contributed by atoms with van der Waals surface area (Å²) < 4.78 is 5.23. The Morgan fingerprint density at radius 2 is 1.97 bits per heavy atom. The SMILES string of the molecule is CCC(C)C(NC(=O)C1CCCC1)C(=O)N1CCN(C(=O)c2ccco2)C(C)C1. The van der Waals surface area contributed by atoms with Crippen molar-refractivity contribution in [3.63, 3.8) is 0 Å². The van der Waals surface area contributed by atoms with E-state index in [4.69, 9.17) is 4.42 Å². The molecule has 2 aliphatic rings. The standard InChI is InChI=1S/C22H33N3O4/c1-4-15(2)19(23-20(26)17-8-5-6-9-17)22(28)24-11-12-25(16(3)14-24)21(27)18-10-7-13-29-18/h7,10,13,15-17,19H,4-6,8-9,11-12,14H2,1-3H3,(H,23,26). The monoisotopic (exact) mass is 403 g/mol. The van der Waals surface area contributed by atoms with Crippen molar-refractivity contribution in [3.05, 3.63) is 24.2 Å². The molecule has 0 radical (unpaired) electrons. The molecule has 0 spiro atoms. The van der Waals surface area contributed by atoms with E-state index in [1.54, 1.807) is 21.9 Å². The number of amides is 3. The quantitative estimate of drug-likeness (QED) is 0.792. The average molecular weight is 404 g/mol. The minimum atomic E-state index is -0.507. The van der Waals surface area contributed by atoms with E-state index in [0.717, 1.165) is 32.1 Å². The van der Waals surface area contributed by atoms with E-state index in [0.29, 0.717) is 25.4 Å². The van der Waals surface area contributed by atoms with Gasteiger partial charge in [-0.1, -0.05) is 33.1 Å². The summed E-state index contributed by atoms with van der Waals surface area (Å²) in [6.07, 6.45) is 6.30. The molecule has 1 saturated carbocycles. The summed E-state index contributed by atoms with van der Waals surface area (Å²) in [6.45, 7) is 7.36. The Morgan fingerprint density at radius 1 is 1.24 bits per heavy atom. The first-order valence-corrected chi connectivity index (χ1v) is 10.9. The Labute approximate surface area is 172 Å². The smallest absolute Gasteiger partial charge is 0.289 e. The summed E-state index contributed by atoms with van der Waals surface area (Å²) in [5.41, 5.74) is 0. The summed E-state index contributed by atoms with van der Waals surface area (Å²) in [4.78, 5) is 42.1. The fourth-order valence-corrected chi connectivity index (χ4v) is 4.34. The van der Waals surface area contributed by atoms with Gasteiger partial charge in [-0.25, -0.2) is 0 Å². The van der Waals surface area contributed by atoms with Crippen molar-refractivity contribution in [1.29, 1.82) is 0 Å². The summed E-state index contributed by atoms with van der Waals surface area (Å²) in [5.74, 6) is 0.242. The number of rotatable bonds is 6. The van der Waals surface area contributed by atoms with Crippen LogP contribution in [0.1, 0.15) is 63.4 Å². The predicted octanol–water partition coefficient (Wildman–Crippen LogP) is 2.67. The highest BCUT2D eigenvalue weighted by Crippen LogP contribution is 2.25. The van der Waals surface area contributed by atoms with Crippen molar-refractivity contribution in [2.24, 2.45) is 11.8 Å². The molecule has 2 fully saturated rings. The minimum Gasteiger partial charge on any atom is -0.459 e. The second-order valence-electron chi connectivity index (χ2n) is 8.46. The van der Waals surface area contributed by atoms with Crippen LogP contribution >= 0.6 is 0 Å². The molecule has 3 amide bonds. The van der Waals surface area contributed by atoms with Gasteiger partial charge in [-0.15, -0.1) is 0 Å². The molecule has 3 unspecified atom stereocenters. The number of nitrogens with zero attached hydrogens (tertiary/aromatic N) is 2. The summed E-state index contributed by atoms with van der Waals surface area (Å²) in [6, 6.07) is 2.73. The van der Waals surface area contributed by atoms with E-state index < -0.39 is 6.04 Å². The van der Waals surface area contributed by atoms with Crippen molar-refractivity contribution >= 4 is 17.7 Å². The Hall–Kier alpha value is -2.31. The third-order valence-corrected chi connectivity index (χ3v) is 6.43. The number of nitrogens with one attached hydrogen (secondary N) is 1. The van der Waals surface area contributed by atoms with Crippen LogP contribution in [0.3, 0.4) is 0 Å². The van der Waals surface area contributed by atoms with Gasteiger partial charge in [-0.05, 0) is 37.8 Å². The zero-order valence-corrected chi connectivity index (χ0v) is 17.7. The molecule has 3 atom stereocenters. The Bertz CT molecular complexity index is 712. The van der Waals surface area contributed by atoms with E-state index >= 15 is 0 Å². The lowest BCUT2D eigenvalue weighted by Crippen LogP contribution is -2.60. The fourth-order valence-electron chi connectivity index (χ4n) is 4.34. The molecule has 160 valence electrons. The topological polar surface area (TPSA) is 82.9 Å². The summed E-state index contributed by atoms with van der Waals surface area (Å²) in [7, 11) is 0. The lowest BCUT2D eigenvalue weighted by Gasteiger charge is -2.41. The van der Waals surface area contributed by atoms with Crippen molar-refractivity contribution in [2.45, 2.75) is 65.0 Å². The van der Waals surface area contributed by atoms with Crippen LogP contribution in [-0.4, -0.2) is 59.2 Å². The van der Waals surface area contributed by atoms with Crippen molar-refractivity contribution < 1.29 is 18.8 Å². The van der Waals surface area contributed by atoms with Gasteiger partial charge in [0.15, 0.2) is 5.76 Å². The molecule has 29 heavy (non-hydrogen) atoms. The summed E-state index contributed by atoms with van der Waals surface area (Å²) in [5, 5.41) is 3.05. The molecule has 1 N–H and O–H groups in total. The number of piperazine rings is 1. The highest BCUT2D eigenvalue weighted by molar-refractivity contribution is 5.92. The van der Waals surface area contributed by atoms with Crippen LogP contribution in [0.5, 0.6) is 0 Å². The second-order valence-corrected chi connectivity index (χ2v) is 8.46. The molecular weight excluding hydrogens is 370 g/mol. The van der Waals surface area contributed by atoms with Gasteiger partial charge in [0, 0.05) is 31.6 Å². The van der Waals surface area contributed by atoms with Gasteiger partial charge in [-0.2, -0.15) is 0 Å². The largest absolute Gasteiger partial charge is 0.459 e. The first kappa shape index (κ1) is 21.4. The molecule has 1 aromatic heterocycles. The lowest BCUT2D eigenvalue weighted by molar-refractivity contribution is -0.140. The van der Waals surface area contributed by atoms with Crippen LogP contribution in [0.4, 0.5) is 0 Å². The fraction of sp³-hybridized carbons (Fsp3) is 0.682. The van der Waals surface area contributed by atoms with Gasteiger partial charge in [0.1, 0.15) is 6.04 Å². The van der Waals surface area contributed by atoms with Gasteiger partial charge in [-0.3, -0.25) is 14.4 Å². The first-order valence-electron chi connectivity index (χ1n) is 10.9. The van der Waals surface area contributed by atoms with Gasteiger partial charge in [0.2, 0.25) is 11.8 Å². The maximum atomic E-state index is 13.3. The highest BCUT2D eigenvalue weighted by atomic mass is 16.3. The molecule has 0 bridgehead atoms. The van der Waals surface area contributed by atoms with E-state index in [1.165, 1.54) is 6.26 Å². The molecule has 2 heterocycles. The van der Waals surface area contributed by atoms with Crippen LogP contribution in [0.2, 0.25) is 0 Å². The van der Waals surface area contributed by atoms with Gasteiger partial charge < -0.3 is 19.5 Å². The molecule has 0 aromatic carbocycles. The highest BCUT2D eigenvalue weighted by Gasteiger charge is 2.37. The maximum Gasteiger partial charge on any atom is 0.289 e.